The third kappa shape index (κ3) is 2.62. The molecular formula is C23H24N2O4. The summed E-state index contributed by atoms with van der Waals surface area (Å²) < 4.78 is 0. The Kier molecular flexibility index (Phi) is 4.52. The summed E-state index contributed by atoms with van der Waals surface area (Å²) >= 11 is 0. The molecule has 29 heavy (non-hydrogen) atoms. The second kappa shape index (κ2) is 6.79. The molecule has 0 radical (unpaired) electrons. The van der Waals surface area contributed by atoms with Gasteiger partial charge in [-0.25, -0.2) is 0 Å². The molecule has 0 aliphatic carbocycles. The zero-order valence-corrected chi connectivity index (χ0v) is 17.1. The first-order valence-corrected chi connectivity index (χ1v) is 10.1. The molecule has 2 aromatic carbocycles. The standard InChI is InChI=1S/C23H24N2O4/c1-5-12(3)11-13(6-2)25-22(28)16-9-7-14-18-15(21(27)24(4)20(14)26)8-10-17(19(16)18)23(25)29/h7-10,12-13H,5-6,11H2,1-4H3. The van der Waals surface area contributed by atoms with Crippen LogP contribution in [0.5, 0.6) is 0 Å². The highest BCUT2D eigenvalue weighted by molar-refractivity contribution is 6.33. The maximum atomic E-state index is 13.4. The number of nitrogens with zero attached hydrogens (tertiary/aromatic N) is 2. The lowest BCUT2D eigenvalue weighted by molar-refractivity contribution is 0.0509. The Balaban J connectivity index is 1.92. The highest BCUT2D eigenvalue weighted by atomic mass is 16.2. The van der Waals surface area contributed by atoms with E-state index in [1.54, 1.807) is 24.3 Å². The smallest absolute Gasteiger partial charge is 0.261 e. The van der Waals surface area contributed by atoms with Gasteiger partial charge in [-0.3, -0.25) is 29.0 Å². The number of hydrogen-bond donors (Lipinski definition) is 0. The summed E-state index contributed by atoms with van der Waals surface area (Å²) in [7, 11) is 1.44. The largest absolute Gasteiger partial charge is 0.277 e. The van der Waals surface area contributed by atoms with E-state index in [2.05, 4.69) is 13.8 Å². The molecule has 4 rings (SSSR count). The van der Waals surface area contributed by atoms with Crippen molar-refractivity contribution in [3.8, 4) is 0 Å². The van der Waals surface area contributed by atoms with E-state index in [1.807, 2.05) is 6.92 Å². The van der Waals surface area contributed by atoms with Gasteiger partial charge in [0.05, 0.1) is 0 Å². The SMILES string of the molecule is CCC(C)CC(CC)N1C(=O)c2ccc3c4c(ccc(c24)C1=O)C(=O)N(C)C3=O. The van der Waals surface area contributed by atoms with Crippen molar-refractivity contribution in [2.75, 3.05) is 7.05 Å². The van der Waals surface area contributed by atoms with Crippen molar-refractivity contribution in [1.29, 1.82) is 0 Å². The van der Waals surface area contributed by atoms with Gasteiger partial charge >= 0.3 is 0 Å². The van der Waals surface area contributed by atoms with Crippen LogP contribution in [0.3, 0.4) is 0 Å². The molecule has 0 bridgehead atoms. The van der Waals surface area contributed by atoms with Crippen LogP contribution >= 0.6 is 0 Å². The highest BCUT2D eigenvalue weighted by Gasteiger charge is 2.40. The number of carbonyl (C=O) groups is 4. The number of rotatable bonds is 5. The minimum atomic E-state index is -0.420. The summed E-state index contributed by atoms with van der Waals surface area (Å²) in [5, 5.41) is 0.851. The van der Waals surface area contributed by atoms with Crippen LogP contribution in [0.4, 0.5) is 0 Å². The van der Waals surface area contributed by atoms with Crippen molar-refractivity contribution in [2.45, 2.75) is 46.1 Å². The average Bonchev–Trinajstić information content (AvgIpc) is 2.73. The van der Waals surface area contributed by atoms with E-state index in [0.29, 0.717) is 45.4 Å². The molecule has 4 amide bonds. The first-order chi connectivity index (χ1) is 13.8. The first-order valence-electron chi connectivity index (χ1n) is 10.1. The highest BCUT2D eigenvalue weighted by Crippen LogP contribution is 2.38. The van der Waals surface area contributed by atoms with Gasteiger partial charge in [0.2, 0.25) is 0 Å². The quantitative estimate of drug-likeness (QED) is 0.724. The lowest BCUT2D eigenvalue weighted by Gasteiger charge is -2.35. The van der Waals surface area contributed by atoms with Crippen molar-refractivity contribution in [3.05, 3.63) is 46.5 Å². The second-order valence-electron chi connectivity index (χ2n) is 8.03. The molecule has 2 atom stereocenters. The van der Waals surface area contributed by atoms with E-state index in [4.69, 9.17) is 0 Å². The lowest BCUT2D eigenvalue weighted by Crippen LogP contribution is -2.48. The fourth-order valence-electron chi connectivity index (χ4n) is 4.43. The van der Waals surface area contributed by atoms with Gasteiger partial charge < -0.3 is 0 Å². The van der Waals surface area contributed by atoms with E-state index >= 15 is 0 Å². The predicted molar refractivity (Wildman–Crippen MR) is 109 cm³/mol. The fourth-order valence-corrected chi connectivity index (χ4v) is 4.43. The zero-order valence-electron chi connectivity index (χ0n) is 17.1. The fraction of sp³-hybridized carbons (Fsp3) is 0.391. The third-order valence-electron chi connectivity index (χ3n) is 6.34. The van der Waals surface area contributed by atoms with Gasteiger partial charge in [0.15, 0.2) is 0 Å². The summed E-state index contributed by atoms with van der Waals surface area (Å²) in [4.78, 5) is 54.4. The molecule has 150 valence electrons. The first kappa shape index (κ1) is 19.3. The minimum Gasteiger partial charge on any atom is -0.277 e. The number of amides is 4. The van der Waals surface area contributed by atoms with Gasteiger partial charge in [0, 0.05) is 46.1 Å². The Hall–Kier alpha value is -3.02. The third-order valence-corrected chi connectivity index (χ3v) is 6.34. The summed E-state index contributed by atoms with van der Waals surface area (Å²) in [5.74, 6) is -1.14. The number of carbonyl (C=O) groups excluding carboxylic acids is 4. The van der Waals surface area contributed by atoms with Crippen molar-refractivity contribution in [1.82, 2.24) is 9.80 Å². The van der Waals surface area contributed by atoms with Crippen molar-refractivity contribution < 1.29 is 19.2 Å². The van der Waals surface area contributed by atoms with Crippen molar-refractivity contribution in [3.63, 3.8) is 0 Å². The van der Waals surface area contributed by atoms with Gasteiger partial charge in [-0.1, -0.05) is 27.2 Å². The van der Waals surface area contributed by atoms with Gasteiger partial charge in [0.1, 0.15) is 0 Å². The van der Waals surface area contributed by atoms with Crippen LogP contribution in [0, 0.1) is 5.92 Å². The number of imide groups is 2. The van der Waals surface area contributed by atoms with E-state index in [0.717, 1.165) is 17.7 Å². The Morgan fingerprint density at radius 1 is 0.724 bits per heavy atom. The molecule has 6 nitrogen and oxygen atoms in total. The van der Waals surface area contributed by atoms with Crippen LogP contribution in [-0.2, 0) is 0 Å². The number of hydrogen-bond acceptors (Lipinski definition) is 4. The predicted octanol–water partition coefficient (Wildman–Crippen LogP) is 3.88. The normalized spacial score (nSPS) is 17.9. The van der Waals surface area contributed by atoms with Crippen LogP contribution in [0.2, 0.25) is 0 Å². The molecule has 0 aromatic heterocycles. The molecule has 2 unspecified atom stereocenters. The van der Waals surface area contributed by atoms with E-state index in [-0.39, 0.29) is 17.9 Å². The summed E-state index contributed by atoms with van der Waals surface area (Å²) in [6.45, 7) is 6.20. The Morgan fingerprint density at radius 2 is 1.14 bits per heavy atom. The average molecular weight is 392 g/mol. The maximum Gasteiger partial charge on any atom is 0.261 e. The van der Waals surface area contributed by atoms with E-state index in [9.17, 15) is 19.2 Å². The molecule has 0 spiro atoms. The van der Waals surface area contributed by atoms with Crippen LogP contribution < -0.4 is 0 Å². The molecule has 2 heterocycles. The molecule has 2 aromatic rings. The molecule has 0 N–H and O–H groups in total. The zero-order chi connectivity index (χ0) is 21.0. The van der Waals surface area contributed by atoms with Crippen LogP contribution in [0.1, 0.15) is 81.5 Å². The molecule has 0 saturated heterocycles. The van der Waals surface area contributed by atoms with Gasteiger partial charge in [-0.15, -0.1) is 0 Å². The van der Waals surface area contributed by atoms with Gasteiger partial charge in [0.25, 0.3) is 23.6 Å². The summed E-state index contributed by atoms with van der Waals surface area (Å²) in [5.41, 5.74) is 1.47. The summed E-state index contributed by atoms with van der Waals surface area (Å²) in [6.07, 6.45) is 2.41. The summed E-state index contributed by atoms with van der Waals surface area (Å²) in [6, 6.07) is 6.24. The lowest BCUT2D eigenvalue weighted by atomic mass is 9.85. The Labute approximate surface area is 169 Å². The van der Waals surface area contributed by atoms with Crippen molar-refractivity contribution in [2.24, 2.45) is 5.92 Å². The van der Waals surface area contributed by atoms with Crippen LogP contribution in [0.15, 0.2) is 24.3 Å². The van der Waals surface area contributed by atoms with Gasteiger partial charge in [-0.05, 0) is 43.0 Å². The minimum absolute atomic E-state index is 0.185. The van der Waals surface area contributed by atoms with E-state index < -0.39 is 11.8 Å². The second-order valence-corrected chi connectivity index (χ2v) is 8.03. The molecule has 2 aliphatic rings. The number of benzene rings is 2. The van der Waals surface area contributed by atoms with E-state index in [1.165, 1.54) is 11.9 Å². The topological polar surface area (TPSA) is 74.8 Å². The molecule has 6 heteroatoms. The molecule has 0 fully saturated rings. The molecule has 2 aliphatic heterocycles. The maximum absolute atomic E-state index is 13.4. The monoisotopic (exact) mass is 392 g/mol. The Bertz CT molecular complexity index is 1020. The van der Waals surface area contributed by atoms with Crippen LogP contribution in [0.25, 0.3) is 10.8 Å². The van der Waals surface area contributed by atoms with Gasteiger partial charge in [-0.2, -0.15) is 0 Å². The van der Waals surface area contributed by atoms with Crippen LogP contribution in [-0.4, -0.2) is 46.5 Å². The van der Waals surface area contributed by atoms with Crippen molar-refractivity contribution >= 4 is 34.4 Å². The molecule has 0 saturated carbocycles. The Morgan fingerprint density at radius 3 is 1.52 bits per heavy atom. The molecular weight excluding hydrogens is 368 g/mol.